The van der Waals surface area contributed by atoms with E-state index in [1.807, 2.05) is 23.9 Å². The number of imidazole rings is 1. The van der Waals surface area contributed by atoms with Crippen molar-refractivity contribution in [2.45, 2.75) is 25.4 Å². The van der Waals surface area contributed by atoms with E-state index in [4.69, 9.17) is 4.42 Å². The zero-order chi connectivity index (χ0) is 11.0. The monoisotopic (exact) mass is 217 g/mol. The fourth-order valence-electron chi connectivity index (χ4n) is 1.83. The van der Waals surface area contributed by atoms with Gasteiger partial charge in [-0.3, -0.25) is 0 Å². The molecule has 1 fully saturated rings. The normalized spacial score (nSPS) is 15.6. The Bertz CT molecular complexity index is 482. The average Bonchev–Trinajstić information content (AvgIpc) is 2.83. The second-order valence-corrected chi connectivity index (χ2v) is 4.27. The molecular weight excluding hydrogens is 202 g/mol. The highest BCUT2D eigenvalue weighted by Crippen LogP contribution is 2.25. The first-order chi connectivity index (χ1) is 7.84. The molecule has 0 amide bonds. The number of furan rings is 1. The van der Waals surface area contributed by atoms with Crippen LogP contribution in [-0.2, 0) is 13.6 Å². The third-order valence-electron chi connectivity index (χ3n) is 2.94. The smallest absolute Gasteiger partial charge is 0.143 e. The van der Waals surface area contributed by atoms with Crippen LogP contribution in [0.15, 0.2) is 29.1 Å². The summed E-state index contributed by atoms with van der Waals surface area (Å²) in [4.78, 5) is 4.34. The molecule has 0 aliphatic heterocycles. The largest absolute Gasteiger partial charge is 0.467 e. The molecule has 4 heteroatoms. The van der Waals surface area contributed by atoms with Crippen molar-refractivity contribution in [1.29, 1.82) is 0 Å². The number of aryl methyl sites for hydroxylation is 1. The van der Waals surface area contributed by atoms with Gasteiger partial charge in [0.05, 0.1) is 18.4 Å². The van der Waals surface area contributed by atoms with Crippen molar-refractivity contribution in [3.63, 3.8) is 0 Å². The van der Waals surface area contributed by atoms with Crippen LogP contribution in [0.3, 0.4) is 0 Å². The number of nitrogens with zero attached hydrogens (tertiary/aromatic N) is 2. The Kier molecular flexibility index (Phi) is 2.29. The zero-order valence-electron chi connectivity index (χ0n) is 9.31. The van der Waals surface area contributed by atoms with Crippen LogP contribution in [0.5, 0.6) is 0 Å². The first-order valence-corrected chi connectivity index (χ1v) is 5.62. The Morgan fingerprint density at radius 3 is 3.12 bits per heavy atom. The molecule has 0 aromatic carbocycles. The minimum atomic E-state index is 0.694. The second-order valence-electron chi connectivity index (χ2n) is 4.27. The molecule has 0 saturated heterocycles. The minimum Gasteiger partial charge on any atom is -0.467 e. The molecular formula is C12H15N3O. The molecule has 1 N–H and O–H groups in total. The molecule has 4 nitrogen and oxygen atoms in total. The predicted octanol–water partition coefficient (Wildman–Crippen LogP) is 1.93. The van der Waals surface area contributed by atoms with Crippen LogP contribution < -0.4 is 5.32 Å². The number of hydrogen-bond donors (Lipinski definition) is 1. The summed E-state index contributed by atoms with van der Waals surface area (Å²) in [5.74, 6) is 1.93. The van der Waals surface area contributed by atoms with E-state index in [1.165, 1.54) is 12.8 Å². The lowest BCUT2D eigenvalue weighted by molar-refractivity contribution is 0.483. The molecule has 1 aliphatic rings. The Balaban J connectivity index is 1.83. The van der Waals surface area contributed by atoms with E-state index in [0.29, 0.717) is 6.04 Å². The molecule has 2 aromatic heterocycles. The third-order valence-corrected chi connectivity index (χ3v) is 2.94. The van der Waals surface area contributed by atoms with E-state index in [9.17, 15) is 0 Å². The lowest BCUT2D eigenvalue weighted by atomic mass is 10.2. The van der Waals surface area contributed by atoms with Crippen molar-refractivity contribution in [2.24, 2.45) is 7.05 Å². The van der Waals surface area contributed by atoms with Gasteiger partial charge in [0.1, 0.15) is 11.6 Å². The standard InChI is InChI=1S/C12H15N3O/c1-15-6-5-13-12(15)10-4-7-16-11(10)8-14-9-2-3-9/h4-7,9,14H,2-3,8H2,1H3. The van der Waals surface area contributed by atoms with Gasteiger partial charge in [-0.25, -0.2) is 4.98 Å². The quantitative estimate of drug-likeness (QED) is 0.851. The van der Waals surface area contributed by atoms with Crippen LogP contribution in [0.2, 0.25) is 0 Å². The van der Waals surface area contributed by atoms with Gasteiger partial charge in [-0.2, -0.15) is 0 Å². The fraction of sp³-hybridized carbons (Fsp3) is 0.417. The average molecular weight is 217 g/mol. The Hall–Kier alpha value is -1.55. The number of rotatable bonds is 4. The molecule has 2 aromatic rings. The molecule has 0 bridgehead atoms. The molecule has 1 aliphatic carbocycles. The van der Waals surface area contributed by atoms with E-state index in [-0.39, 0.29) is 0 Å². The highest BCUT2D eigenvalue weighted by Gasteiger charge is 2.21. The van der Waals surface area contributed by atoms with Crippen LogP contribution in [-0.4, -0.2) is 15.6 Å². The summed E-state index contributed by atoms with van der Waals surface area (Å²) in [6.45, 7) is 0.792. The van der Waals surface area contributed by atoms with Crippen molar-refractivity contribution >= 4 is 0 Å². The van der Waals surface area contributed by atoms with Gasteiger partial charge >= 0.3 is 0 Å². The second kappa shape index (κ2) is 3.79. The Morgan fingerprint density at radius 2 is 2.44 bits per heavy atom. The Morgan fingerprint density at radius 1 is 1.56 bits per heavy atom. The maximum absolute atomic E-state index is 5.51. The van der Waals surface area contributed by atoms with Gasteiger partial charge in [0.25, 0.3) is 0 Å². The molecule has 3 rings (SSSR count). The topological polar surface area (TPSA) is 43.0 Å². The zero-order valence-corrected chi connectivity index (χ0v) is 9.31. The lowest BCUT2D eigenvalue weighted by Crippen LogP contribution is -2.15. The van der Waals surface area contributed by atoms with Crippen molar-refractivity contribution in [3.8, 4) is 11.4 Å². The van der Waals surface area contributed by atoms with Gasteiger partial charge in [-0.15, -0.1) is 0 Å². The van der Waals surface area contributed by atoms with Crippen molar-refractivity contribution in [3.05, 3.63) is 30.5 Å². The number of nitrogens with one attached hydrogen (secondary N) is 1. The van der Waals surface area contributed by atoms with Crippen LogP contribution >= 0.6 is 0 Å². The van der Waals surface area contributed by atoms with Crippen molar-refractivity contribution in [2.75, 3.05) is 0 Å². The molecule has 16 heavy (non-hydrogen) atoms. The van der Waals surface area contributed by atoms with E-state index < -0.39 is 0 Å². The van der Waals surface area contributed by atoms with Crippen LogP contribution in [0.4, 0.5) is 0 Å². The van der Waals surface area contributed by atoms with Gasteiger partial charge in [0, 0.05) is 25.5 Å². The van der Waals surface area contributed by atoms with Gasteiger partial charge in [0.2, 0.25) is 0 Å². The SMILES string of the molecule is Cn1ccnc1-c1ccoc1CNC1CC1. The summed E-state index contributed by atoms with van der Waals surface area (Å²) in [5, 5.41) is 3.45. The van der Waals surface area contributed by atoms with E-state index in [0.717, 1.165) is 23.7 Å². The van der Waals surface area contributed by atoms with Gasteiger partial charge in [-0.05, 0) is 18.9 Å². The molecule has 0 atom stereocenters. The summed E-state index contributed by atoms with van der Waals surface area (Å²) >= 11 is 0. The van der Waals surface area contributed by atoms with E-state index in [2.05, 4.69) is 10.3 Å². The maximum Gasteiger partial charge on any atom is 0.143 e. The molecule has 2 heterocycles. The first kappa shape index (κ1) is 9.66. The minimum absolute atomic E-state index is 0.694. The van der Waals surface area contributed by atoms with E-state index >= 15 is 0 Å². The molecule has 0 unspecified atom stereocenters. The Labute approximate surface area is 94.3 Å². The number of aromatic nitrogens is 2. The van der Waals surface area contributed by atoms with Crippen molar-refractivity contribution < 1.29 is 4.42 Å². The van der Waals surface area contributed by atoms with Crippen LogP contribution in [0.1, 0.15) is 18.6 Å². The van der Waals surface area contributed by atoms with Crippen LogP contribution in [0.25, 0.3) is 11.4 Å². The highest BCUT2D eigenvalue weighted by atomic mass is 16.3. The molecule has 1 saturated carbocycles. The summed E-state index contributed by atoms with van der Waals surface area (Å²) in [6, 6.07) is 2.67. The van der Waals surface area contributed by atoms with E-state index in [1.54, 1.807) is 12.5 Å². The van der Waals surface area contributed by atoms with Gasteiger partial charge in [-0.1, -0.05) is 0 Å². The first-order valence-electron chi connectivity index (χ1n) is 5.62. The predicted molar refractivity (Wildman–Crippen MR) is 60.8 cm³/mol. The molecule has 0 radical (unpaired) electrons. The number of hydrogen-bond acceptors (Lipinski definition) is 3. The van der Waals surface area contributed by atoms with Gasteiger partial charge in [0.15, 0.2) is 0 Å². The summed E-state index contributed by atoms with van der Waals surface area (Å²) < 4.78 is 7.51. The fourth-order valence-corrected chi connectivity index (χ4v) is 1.83. The highest BCUT2D eigenvalue weighted by molar-refractivity contribution is 5.57. The van der Waals surface area contributed by atoms with Crippen molar-refractivity contribution in [1.82, 2.24) is 14.9 Å². The maximum atomic E-state index is 5.51. The summed E-state index contributed by atoms with van der Waals surface area (Å²) in [6.07, 6.45) is 8.06. The van der Waals surface area contributed by atoms with Gasteiger partial charge < -0.3 is 14.3 Å². The third kappa shape index (κ3) is 1.76. The van der Waals surface area contributed by atoms with Crippen LogP contribution in [0, 0.1) is 0 Å². The molecule has 0 spiro atoms. The summed E-state index contributed by atoms with van der Waals surface area (Å²) in [7, 11) is 1.99. The molecule has 84 valence electrons. The summed E-state index contributed by atoms with van der Waals surface area (Å²) in [5.41, 5.74) is 1.08. The lowest BCUT2D eigenvalue weighted by Gasteiger charge is -2.03.